The number of aryl methyl sites for hydroxylation is 2. The lowest BCUT2D eigenvalue weighted by atomic mass is 10.1. The van der Waals surface area contributed by atoms with Gasteiger partial charge < -0.3 is 4.52 Å². The topological polar surface area (TPSA) is 114 Å². The maximum absolute atomic E-state index is 12.5. The van der Waals surface area contributed by atoms with E-state index < -0.39 is 10.0 Å². The predicted molar refractivity (Wildman–Crippen MR) is 89.3 cm³/mol. The lowest BCUT2D eigenvalue weighted by molar-refractivity contribution is 0.390. The molecule has 0 spiro atoms. The Morgan fingerprint density at radius 2 is 2.16 bits per heavy atom. The smallest absolute Gasteiger partial charge is 0.267 e. The predicted octanol–water partition coefficient (Wildman–Crippen LogP) is 2.21. The van der Waals surface area contributed by atoms with Gasteiger partial charge in [0.2, 0.25) is 0 Å². The minimum atomic E-state index is -3.80. The third-order valence-corrected chi connectivity index (χ3v) is 5.15. The van der Waals surface area contributed by atoms with Crippen LogP contribution in [0.5, 0.6) is 0 Å². The monoisotopic (exact) mass is 357 g/mol. The van der Waals surface area contributed by atoms with Crippen LogP contribution in [0.15, 0.2) is 46.1 Å². The van der Waals surface area contributed by atoms with Crippen molar-refractivity contribution >= 4 is 15.7 Å². The van der Waals surface area contributed by atoms with Gasteiger partial charge in [-0.2, -0.15) is 10.4 Å². The van der Waals surface area contributed by atoms with E-state index in [2.05, 4.69) is 21.0 Å². The quantitative estimate of drug-likeness (QED) is 0.749. The van der Waals surface area contributed by atoms with Gasteiger partial charge in [0.1, 0.15) is 5.69 Å². The molecule has 9 heteroatoms. The molecule has 0 radical (unpaired) electrons. The molecule has 2 aromatic heterocycles. The van der Waals surface area contributed by atoms with Gasteiger partial charge in [0.25, 0.3) is 10.0 Å². The lowest BCUT2D eigenvalue weighted by Gasteiger charge is -2.05. The average molecular weight is 357 g/mol. The number of aromatic nitrogens is 3. The summed E-state index contributed by atoms with van der Waals surface area (Å²) < 4.78 is 33.9. The van der Waals surface area contributed by atoms with Crippen LogP contribution in [-0.2, 0) is 16.6 Å². The van der Waals surface area contributed by atoms with Gasteiger partial charge in [0, 0.05) is 6.20 Å². The van der Waals surface area contributed by atoms with Crippen LogP contribution in [0.1, 0.15) is 22.6 Å². The molecular formula is C16H15N5O3S. The van der Waals surface area contributed by atoms with Gasteiger partial charge >= 0.3 is 0 Å². The van der Waals surface area contributed by atoms with Gasteiger partial charge in [-0.1, -0.05) is 17.3 Å². The third kappa shape index (κ3) is 3.54. The zero-order valence-corrected chi connectivity index (χ0v) is 14.4. The highest BCUT2D eigenvalue weighted by molar-refractivity contribution is 7.92. The molecule has 1 aromatic carbocycles. The SMILES string of the molecule is Cc1noc(C)c1S(=O)(=O)Nc1cnn(Cc2cccc(C#N)c2)c1. The largest absolute Gasteiger partial charge is 0.360 e. The molecule has 0 bridgehead atoms. The molecule has 3 aromatic rings. The maximum Gasteiger partial charge on any atom is 0.267 e. The third-order valence-electron chi connectivity index (χ3n) is 3.52. The molecule has 128 valence electrons. The summed E-state index contributed by atoms with van der Waals surface area (Å²) in [6.45, 7) is 3.53. The second kappa shape index (κ2) is 6.41. The molecule has 0 fully saturated rings. The molecule has 0 saturated heterocycles. The highest BCUT2D eigenvalue weighted by Gasteiger charge is 2.24. The molecule has 0 unspecified atom stereocenters. The number of hydrogen-bond acceptors (Lipinski definition) is 6. The molecule has 1 N–H and O–H groups in total. The number of hydrogen-bond donors (Lipinski definition) is 1. The van der Waals surface area contributed by atoms with E-state index in [9.17, 15) is 8.42 Å². The summed E-state index contributed by atoms with van der Waals surface area (Å²) in [4.78, 5) is 0.0296. The minimum Gasteiger partial charge on any atom is -0.360 e. The van der Waals surface area contributed by atoms with Crippen LogP contribution >= 0.6 is 0 Å². The number of anilines is 1. The molecular weight excluding hydrogens is 342 g/mol. The summed E-state index contributed by atoms with van der Waals surface area (Å²) in [5, 5.41) is 16.7. The Labute approximate surface area is 144 Å². The standard InChI is InChI=1S/C16H15N5O3S/c1-11-16(12(2)24-19-11)25(22,23)20-15-8-18-21(10-15)9-14-5-3-4-13(6-14)7-17/h3-6,8,10,20H,9H2,1-2H3. The first-order valence-corrected chi connectivity index (χ1v) is 8.84. The van der Waals surface area contributed by atoms with Crippen LogP contribution in [-0.4, -0.2) is 23.4 Å². The number of benzene rings is 1. The zero-order chi connectivity index (χ0) is 18.0. The second-order valence-electron chi connectivity index (χ2n) is 5.50. The van der Waals surface area contributed by atoms with Crippen molar-refractivity contribution < 1.29 is 12.9 Å². The van der Waals surface area contributed by atoms with Crippen molar-refractivity contribution in [2.45, 2.75) is 25.3 Å². The summed E-state index contributed by atoms with van der Waals surface area (Å²) in [6.07, 6.45) is 3.00. The van der Waals surface area contributed by atoms with Crippen molar-refractivity contribution in [2.75, 3.05) is 4.72 Å². The van der Waals surface area contributed by atoms with Gasteiger partial charge in [-0.05, 0) is 31.5 Å². The fourth-order valence-electron chi connectivity index (χ4n) is 2.49. The van der Waals surface area contributed by atoms with E-state index in [1.54, 1.807) is 42.9 Å². The molecule has 2 heterocycles. The van der Waals surface area contributed by atoms with Crippen LogP contribution < -0.4 is 4.72 Å². The average Bonchev–Trinajstić information content (AvgIpc) is 3.13. The van der Waals surface area contributed by atoms with Gasteiger partial charge in [-0.15, -0.1) is 0 Å². The number of rotatable bonds is 5. The Balaban J connectivity index is 1.79. The van der Waals surface area contributed by atoms with E-state index in [1.807, 2.05) is 6.07 Å². The van der Waals surface area contributed by atoms with Crippen LogP contribution in [0.25, 0.3) is 0 Å². The van der Waals surface area contributed by atoms with E-state index in [0.29, 0.717) is 23.5 Å². The summed E-state index contributed by atoms with van der Waals surface area (Å²) in [6, 6.07) is 9.22. The molecule has 8 nitrogen and oxygen atoms in total. The van der Waals surface area contributed by atoms with E-state index in [0.717, 1.165) is 5.56 Å². The van der Waals surface area contributed by atoms with Crippen LogP contribution in [0.4, 0.5) is 5.69 Å². The Hall–Kier alpha value is -3.12. The van der Waals surface area contributed by atoms with Crippen LogP contribution in [0.2, 0.25) is 0 Å². The minimum absolute atomic E-state index is 0.0296. The number of nitrogens with one attached hydrogen (secondary N) is 1. The zero-order valence-electron chi connectivity index (χ0n) is 13.6. The van der Waals surface area contributed by atoms with E-state index in [-0.39, 0.29) is 10.7 Å². The van der Waals surface area contributed by atoms with E-state index >= 15 is 0 Å². The summed E-state index contributed by atoms with van der Waals surface area (Å²) in [5.41, 5.74) is 2.08. The molecule has 25 heavy (non-hydrogen) atoms. The summed E-state index contributed by atoms with van der Waals surface area (Å²) >= 11 is 0. The van der Waals surface area contributed by atoms with Gasteiger partial charge in [0.05, 0.1) is 30.1 Å². The van der Waals surface area contributed by atoms with Gasteiger partial charge in [-0.3, -0.25) is 9.40 Å². The molecule has 0 amide bonds. The van der Waals surface area contributed by atoms with Crippen molar-refractivity contribution in [2.24, 2.45) is 0 Å². The normalized spacial score (nSPS) is 11.2. The van der Waals surface area contributed by atoms with Crippen molar-refractivity contribution in [3.63, 3.8) is 0 Å². The molecule has 0 aliphatic carbocycles. The molecule has 3 rings (SSSR count). The summed E-state index contributed by atoms with van der Waals surface area (Å²) in [7, 11) is -3.80. The fourth-order valence-corrected chi connectivity index (χ4v) is 3.85. The Morgan fingerprint density at radius 1 is 1.36 bits per heavy atom. The first-order chi connectivity index (χ1) is 11.9. The Morgan fingerprint density at radius 3 is 2.84 bits per heavy atom. The van der Waals surface area contributed by atoms with Gasteiger partial charge in [0.15, 0.2) is 10.7 Å². The first-order valence-electron chi connectivity index (χ1n) is 7.36. The summed E-state index contributed by atoms with van der Waals surface area (Å²) in [5.74, 6) is 0.228. The molecule has 0 aliphatic rings. The Kier molecular flexibility index (Phi) is 4.29. The lowest BCUT2D eigenvalue weighted by Crippen LogP contribution is -2.14. The van der Waals surface area contributed by atoms with Crippen LogP contribution in [0.3, 0.4) is 0 Å². The van der Waals surface area contributed by atoms with Crippen molar-refractivity contribution in [1.29, 1.82) is 5.26 Å². The maximum atomic E-state index is 12.5. The second-order valence-corrected chi connectivity index (χ2v) is 7.12. The van der Waals surface area contributed by atoms with Gasteiger partial charge in [-0.25, -0.2) is 8.42 Å². The van der Waals surface area contributed by atoms with E-state index in [4.69, 9.17) is 9.78 Å². The number of nitriles is 1. The van der Waals surface area contributed by atoms with E-state index in [1.165, 1.54) is 6.20 Å². The first kappa shape index (κ1) is 16.7. The number of sulfonamides is 1. The van der Waals surface area contributed by atoms with Crippen molar-refractivity contribution in [3.05, 3.63) is 59.2 Å². The number of nitrogens with zero attached hydrogens (tertiary/aromatic N) is 4. The Bertz CT molecular complexity index is 1040. The van der Waals surface area contributed by atoms with Crippen LogP contribution in [0, 0.1) is 25.2 Å². The highest BCUT2D eigenvalue weighted by atomic mass is 32.2. The van der Waals surface area contributed by atoms with Crippen molar-refractivity contribution in [1.82, 2.24) is 14.9 Å². The molecule has 0 saturated carbocycles. The fraction of sp³-hybridized carbons (Fsp3) is 0.188. The molecule has 0 aliphatic heterocycles. The van der Waals surface area contributed by atoms with Crippen molar-refractivity contribution in [3.8, 4) is 6.07 Å². The molecule has 0 atom stereocenters. The highest BCUT2D eigenvalue weighted by Crippen LogP contribution is 2.22.